The van der Waals surface area contributed by atoms with Crippen LogP contribution in [0.1, 0.15) is 20.3 Å². The Morgan fingerprint density at radius 1 is 1.09 bits per heavy atom. The number of hydrogen-bond acceptors (Lipinski definition) is 3. The topological polar surface area (TPSA) is 49.6 Å². The highest BCUT2D eigenvalue weighted by molar-refractivity contribution is 5.85. The predicted octanol–water partition coefficient (Wildman–Crippen LogP) is 2.55. The average Bonchev–Trinajstić information content (AvgIpc) is 2.47. The summed E-state index contributed by atoms with van der Waals surface area (Å²) in [6.45, 7) is 7.48. The maximum Gasteiger partial charge on any atom is 0.239 e. The van der Waals surface area contributed by atoms with Crippen molar-refractivity contribution in [2.75, 3.05) is 31.1 Å². The first-order valence-corrected chi connectivity index (χ1v) is 7.42. The van der Waals surface area contributed by atoms with Crippen LogP contribution in [0.3, 0.4) is 0 Å². The molecule has 0 aromatic heterocycles. The highest BCUT2D eigenvalue weighted by Gasteiger charge is 2.25. The molecular weight excluding hydrogens is 321 g/mol. The van der Waals surface area contributed by atoms with Crippen LogP contribution in [-0.2, 0) is 4.79 Å². The summed E-state index contributed by atoms with van der Waals surface area (Å²) in [5.74, 6) is 0.561. The first-order valence-electron chi connectivity index (χ1n) is 7.42. The van der Waals surface area contributed by atoms with E-state index in [4.69, 9.17) is 5.73 Å². The van der Waals surface area contributed by atoms with E-state index in [-0.39, 0.29) is 36.8 Å². The van der Waals surface area contributed by atoms with Gasteiger partial charge in [-0.1, -0.05) is 32.0 Å². The molecule has 1 heterocycles. The zero-order chi connectivity index (χ0) is 14.5. The van der Waals surface area contributed by atoms with Gasteiger partial charge in [0.1, 0.15) is 0 Å². The zero-order valence-corrected chi connectivity index (χ0v) is 14.9. The summed E-state index contributed by atoms with van der Waals surface area (Å²) in [5.41, 5.74) is 7.22. The van der Waals surface area contributed by atoms with E-state index in [0.29, 0.717) is 5.92 Å². The van der Waals surface area contributed by atoms with Gasteiger partial charge in [-0.15, -0.1) is 24.8 Å². The van der Waals surface area contributed by atoms with E-state index >= 15 is 0 Å². The Morgan fingerprint density at radius 3 is 2.14 bits per heavy atom. The minimum Gasteiger partial charge on any atom is -0.368 e. The molecule has 1 saturated heterocycles. The molecule has 6 heteroatoms. The third-order valence-corrected chi connectivity index (χ3v) is 3.76. The molecule has 1 fully saturated rings. The van der Waals surface area contributed by atoms with Crippen molar-refractivity contribution in [2.45, 2.75) is 26.3 Å². The Labute approximate surface area is 145 Å². The summed E-state index contributed by atoms with van der Waals surface area (Å²) < 4.78 is 0. The van der Waals surface area contributed by atoms with Gasteiger partial charge in [0.05, 0.1) is 6.04 Å². The van der Waals surface area contributed by atoms with Crippen LogP contribution in [0.5, 0.6) is 0 Å². The number of amides is 1. The fraction of sp³-hybridized carbons (Fsp3) is 0.562. The van der Waals surface area contributed by atoms with Gasteiger partial charge < -0.3 is 15.5 Å². The summed E-state index contributed by atoms with van der Waals surface area (Å²) in [6.07, 6.45) is 0.762. The van der Waals surface area contributed by atoms with E-state index in [0.717, 1.165) is 32.6 Å². The van der Waals surface area contributed by atoms with Crippen molar-refractivity contribution in [1.29, 1.82) is 0 Å². The lowest BCUT2D eigenvalue weighted by Crippen LogP contribution is -2.53. The monoisotopic (exact) mass is 347 g/mol. The molecule has 22 heavy (non-hydrogen) atoms. The molecular formula is C16H27Cl2N3O. The van der Waals surface area contributed by atoms with Crippen LogP contribution >= 0.6 is 24.8 Å². The number of carbonyl (C=O) groups is 1. The van der Waals surface area contributed by atoms with Gasteiger partial charge >= 0.3 is 0 Å². The lowest BCUT2D eigenvalue weighted by atomic mass is 10.0. The Bertz CT molecular complexity index is 434. The second-order valence-corrected chi connectivity index (χ2v) is 5.88. The van der Waals surface area contributed by atoms with Gasteiger partial charge in [0.25, 0.3) is 0 Å². The number of hydrogen-bond donors (Lipinski definition) is 1. The lowest BCUT2D eigenvalue weighted by Gasteiger charge is -2.37. The molecule has 0 saturated carbocycles. The largest absolute Gasteiger partial charge is 0.368 e. The van der Waals surface area contributed by atoms with Crippen LogP contribution in [0.25, 0.3) is 0 Å². The molecule has 1 aromatic rings. The first-order chi connectivity index (χ1) is 9.58. The Kier molecular flexibility index (Phi) is 9.49. The van der Waals surface area contributed by atoms with E-state index in [9.17, 15) is 4.79 Å². The molecule has 0 unspecified atom stereocenters. The number of nitrogens with two attached hydrogens (primary N) is 1. The van der Waals surface area contributed by atoms with E-state index in [1.54, 1.807) is 0 Å². The van der Waals surface area contributed by atoms with Crippen molar-refractivity contribution in [3.63, 3.8) is 0 Å². The quantitative estimate of drug-likeness (QED) is 0.910. The van der Waals surface area contributed by atoms with Crippen molar-refractivity contribution < 1.29 is 4.79 Å². The van der Waals surface area contributed by atoms with Crippen molar-refractivity contribution in [3.8, 4) is 0 Å². The molecule has 1 atom stereocenters. The van der Waals surface area contributed by atoms with Crippen molar-refractivity contribution in [2.24, 2.45) is 11.7 Å². The predicted molar refractivity (Wildman–Crippen MR) is 97.2 cm³/mol. The molecule has 0 radical (unpaired) electrons. The molecule has 126 valence electrons. The molecule has 1 aliphatic heterocycles. The number of benzene rings is 1. The molecule has 1 aliphatic rings. The van der Waals surface area contributed by atoms with Crippen molar-refractivity contribution in [3.05, 3.63) is 30.3 Å². The van der Waals surface area contributed by atoms with E-state index in [1.165, 1.54) is 5.69 Å². The Hall–Kier alpha value is -0.970. The maximum absolute atomic E-state index is 12.3. The maximum atomic E-state index is 12.3. The first kappa shape index (κ1) is 21.0. The molecule has 0 spiro atoms. The van der Waals surface area contributed by atoms with Gasteiger partial charge in [-0.2, -0.15) is 0 Å². The minimum atomic E-state index is -0.349. The van der Waals surface area contributed by atoms with Crippen molar-refractivity contribution in [1.82, 2.24) is 4.90 Å². The van der Waals surface area contributed by atoms with Crippen LogP contribution in [-0.4, -0.2) is 43.0 Å². The van der Waals surface area contributed by atoms with Crippen LogP contribution in [0.4, 0.5) is 5.69 Å². The van der Waals surface area contributed by atoms with E-state index < -0.39 is 0 Å². The van der Waals surface area contributed by atoms with Gasteiger partial charge in [0, 0.05) is 31.9 Å². The summed E-state index contributed by atoms with van der Waals surface area (Å²) >= 11 is 0. The number of nitrogens with zero attached hydrogens (tertiary/aromatic N) is 2. The average molecular weight is 348 g/mol. The molecule has 0 bridgehead atoms. The molecule has 4 nitrogen and oxygen atoms in total. The number of para-hydroxylation sites is 1. The van der Waals surface area contributed by atoms with Crippen molar-refractivity contribution >= 4 is 36.4 Å². The lowest BCUT2D eigenvalue weighted by molar-refractivity contribution is -0.133. The molecule has 2 rings (SSSR count). The van der Waals surface area contributed by atoms with E-state index in [1.807, 2.05) is 23.1 Å². The third kappa shape index (κ3) is 5.67. The highest BCUT2D eigenvalue weighted by Crippen LogP contribution is 2.16. The molecule has 1 aromatic carbocycles. The van der Waals surface area contributed by atoms with E-state index in [2.05, 4.69) is 30.9 Å². The number of anilines is 1. The smallest absolute Gasteiger partial charge is 0.239 e. The zero-order valence-electron chi connectivity index (χ0n) is 13.3. The normalized spacial score (nSPS) is 15.8. The van der Waals surface area contributed by atoms with Gasteiger partial charge in [-0.3, -0.25) is 4.79 Å². The second kappa shape index (κ2) is 9.93. The fourth-order valence-electron chi connectivity index (χ4n) is 2.67. The minimum absolute atomic E-state index is 0. The summed E-state index contributed by atoms with van der Waals surface area (Å²) in [5, 5.41) is 0. The third-order valence-electron chi connectivity index (χ3n) is 3.76. The molecule has 2 N–H and O–H groups in total. The second-order valence-electron chi connectivity index (χ2n) is 5.88. The van der Waals surface area contributed by atoms with Crippen LogP contribution in [0.2, 0.25) is 0 Å². The summed E-state index contributed by atoms with van der Waals surface area (Å²) in [6, 6.07) is 9.99. The summed E-state index contributed by atoms with van der Waals surface area (Å²) in [7, 11) is 0. The number of carbonyl (C=O) groups excluding carboxylic acids is 1. The SMILES string of the molecule is CC(C)C[C@H](N)C(=O)N1CCN(c2ccccc2)CC1.Cl.Cl. The molecule has 0 aliphatic carbocycles. The Morgan fingerprint density at radius 2 is 1.64 bits per heavy atom. The van der Waals surface area contributed by atoms with Crippen LogP contribution in [0, 0.1) is 5.92 Å². The number of piperazine rings is 1. The van der Waals surface area contributed by atoms with Gasteiger partial charge in [-0.25, -0.2) is 0 Å². The van der Waals surface area contributed by atoms with Crippen LogP contribution < -0.4 is 10.6 Å². The van der Waals surface area contributed by atoms with Gasteiger partial charge in [0.2, 0.25) is 5.91 Å². The number of halogens is 2. The van der Waals surface area contributed by atoms with Gasteiger partial charge in [-0.05, 0) is 24.5 Å². The Balaban J connectivity index is 0.00000220. The molecule has 1 amide bonds. The van der Waals surface area contributed by atoms with Gasteiger partial charge in [0.15, 0.2) is 0 Å². The van der Waals surface area contributed by atoms with Crippen LogP contribution in [0.15, 0.2) is 30.3 Å². The standard InChI is InChI=1S/C16H25N3O.2ClH/c1-13(2)12-15(17)16(20)19-10-8-18(9-11-19)14-6-4-3-5-7-14;;/h3-7,13,15H,8-12,17H2,1-2H3;2*1H/t15-;;/m0../s1. The fourth-order valence-corrected chi connectivity index (χ4v) is 2.67. The summed E-state index contributed by atoms with van der Waals surface area (Å²) in [4.78, 5) is 16.5. The highest BCUT2D eigenvalue weighted by atomic mass is 35.5. The number of rotatable bonds is 4.